The van der Waals surface area contributed by atoms with Crippen LogP contribution in [0.15, 0.2) is 53.1 Å². The number of hydrogen-bond donors (Lipinski definition) is 1. The Balaban J connectivity index is 2.01. The lowest BCUT2D eigenvalue weighted by atomic mass is 9.86. The van der Waals surface area contributed by atoms with Gasteiger partial charge < -0.3 is 9.84 Å². The lowest BCUT2D eigenvalue weighted by Gasteiger charge is -2.23. The van der Waals surface area contributed by atoms with Crippen LogP contribution in [0.4, 0.5) is 5.69 Å². The fourth-order valence-corrected chi connectivity index (χ4v) is 3.13. The number of aryl methyl sites for hydroxylation is 1. The van der Waals surface area contributed by atoms with Crippen molar-refractivity contribution in [2.24, 2.45) is 0 Å². The van der Waals surface area contributed by atoms with Crippen molar-refractivity contribution in [3.05, 3.63) is 70.4 Å². The van der Waals surface area contributed by atoms with Crippen LogP contribution in [-0.4, -0.2) is 11.1 Å². The number of nitrogens with one attached hydrogen (secondary N) is 1. The van der Waals surface area contributed by atoms with E-state index in [2.05, 4.69) is 31.2 Å². The van der Waals surface area contributed by atoms with Crippen molar-refractivity contribution >= 4 is 23.2 Å². The van der Waals surface area contributed by atoms with Gasteiger partial charge in [-0.05, 0) is 30.0 Å². The van der Waals surface area contributed by atoms with Crippen molar-refractivity contribution in [1.82, 2.24) is 5.16 Å². The monoisotopic (exact) mass is 368 g/mol. The summed E-state index contributed by atoms with van der Waals surface area (Å²) in [5.41, 5.74) is 3.23. The number of anilines is 1. The van der Waals surface area contributed by atoms with Gasteiger partial charge in [-0.15, -0.1) is 0 Å². The van der Waals surface area contributed by atoms with Gasteiger partial charge in [0.1, 0.15) is 17.0 Å². The number of benzene rings is 2. The van der Waals surface area contributed by atoms with Crippen molar-refractivity contribution < 1.29 is 9.32 Å². The second-order valence-electron chi connectivity index (χ2n) is 7.19. The van der Waals surface area contributed by atoms with Gasteiger partial charge in [-0.25, -0.2) is 0 Å². The molecule has 0 unspecified atom stereocenters. The number of aromatic nitrogens is 1. The van der Waals surface area contributed by atoms with E-state index < -0.39 is 0 Å². The zero-order valence-electron chi connectivity index (χ0n) is 15.3. The van der Waals surface area contributed by atoms with Gasteiger partial charge in [0.05, 0.1) is 5.02 Å². The third kappa shape index (κ3) is 3.51. The van der Waals surface area contributed by atoms with Crippen LogP contribution in [0.5, 0.6) is 0 Å². The highest BCUT2D eigenvalue weighted by Gasteiger charge is 2.25. The molecule has 0 atom stereocenters. The summed E-state index contributed by atoms with van der Waals surface area (Å²) >= 11 is 6.28. The van der Waals surface area contributed by atoms with Crippen LogP contribution in [-0.2, 0) is 5.41 Å². The zero-order valence-corrected chi connectivity index (χ0v) is 16.0. The first-order valence-corrected chi connectivity index (χ1v) is 8.79. The molecule has 5 heteroatoms. The number of carbonyl (C=O) groups excluding carboxylic acids is 1. The smallest absolute Gasteiger partial charge is 0.261 e. The fraction of sp³-hybridized carbons (Fsp3) is 0.238. The van der Waals surface area contributed by atoms with Crippen LogP contribution in [0.2, 0.25) is 5.02 Å². The van der Waals surface area contributed by atoms with Crippen molar-refractivity contribution in [2.75, 3.05) is 5.32 Å². The molecule has 0 bridgehead atoms. The molecule has 4 nitrogen and oxygen atoms in total. The summed E-state index contributed by atoms with van der Waals surface area (Å²) in [6.45, 7) is 8.05. The summed E-state index contributed by atoms with van der Waals surface area (Å²) in [5, 5.41) is 7.59. The fourth-order valence-electron chi connectivity index (χ4n) is 2.91. The van der Waals surface area contributed by atoms with E-state index >= 15 is 0 Å². The zero-order chi connectivity index (χ0) is 18.9. The summed E-state index contributed by atoms with van der Waals surface area (Å²) in [4.78, 5) is 13.0. The second kappa shape index (κ2) is 6.96. The Labute approximate surface area is 158 Å². The van der Waals surface area contributed by atoms with Crippen LogP contribution < -0.4 is 5.32 Å². The molecule has 26 heavy (non-hydrogen) atoms. The summed E-state index contributed by atoms with van der Waals surface area (Å²) in [6, 6.07) is 15.1. The Morgan fingerprint density at radius 2 is 1.73 bits per heavy atom. The molecule has 3 rings (SSSR count). The molecule has 1 heterocycles. The molecule has 3 aromatic rings. The second-order valence-corrected chi connectivity index (χ2v) is 7.60. The Kier molecular flexibility index (Phi) is 4.88. The molecule has 134 valence electrons. The van der Waals surface area contributed by atoms with Crippen LogP contribution in [0.3, 0.4) is 0 Å². The maximum absolute atomic E-state index is 13.0. The topological polar surface area (TPSA) is 55.1 Å². The molecule has 0 fully saturated rings. The molecule has 0 spiro atoms. The maximum Gasteiger partial charge on any atom is 0.261 e. The summed E-state index contributed by atoms with van der Waals surface area (Å²) in [5.74, 6) is 0.182. The summed E-state index contributed by atoms with van der Waals surface area (Å²) in [7, 11) is 0. The van der Waals surface area contributed by atoms with Crippen LogP contribution in [0, 0.1) is 6.92 Å². The molecule has 0 saturated carbocycles. The molecule has 0 aliphatic heterocycles. The third-order valence-corrected chi connectivity index (χ3v) is 4.53. The average Bonchev–Trinajstić information content (AvgIpc) is 2.96. The number of halogens is 1. The molecular weight excluding hydrogens is 348 g/mol. The highest BCUT2D eigenvalue weighted by molar-refractivity contribution is 6.33. The summed E-state index contributed by atoms with van der Waals surface area (Å²) in [6.07, 6.45) is 0. The Morgan fingerprint density at radius 3 is 2.42 bits per heavy atom. The van der Waals surface area contributed by atoms with Crippen LogP contribution in [0.1, 0.15) is 42.5 Å². The Morgan fingerprint density at radius 1 is 1.08 bits per heavy atom. The van der Waals surface area contributed by atoms with E-state index in [0.717, 1.165) is 11.3 Å². The Hall–Kier alpha value is -2.59. The van der Waals surface area contributed by atoms with E-state index in [1.807, 2.05) is 42.5 Å². The van der Waals surface area contributed by atoms with Crippen molar-refractivity contribution in [2.45, 2.75) is 33.1 Å². The quantitative estimate of drug-likeness (QED) is 0.630. The molecule has 2 aromatic carbocycles. The first-order valence-electron chi connectivity index (χ1n) is 8.41. The van der Waals surface area contributed by atoms with E-state index in [1.165, 1.54) is 0 Å². The predicted molar refractivity (Wildman–Crippen MR) is 105 cm³/mol. The summed E-state index contributed by atoms with van der Waals surface area (Å²) < 4.78 is 5.29. The molecule has 0 radical (unpaired) electrons. The first-order chi connectivity index (χ1) is 12.3. The van der Waals surface area contributed by atoms with E-state index in [0.29, 0.717) is 27.6 Å². The molecule has 0 saturated heterocycles. The number of carbonyl (C=O) groups is 1. The van der Waals surface area contributed by atoms with Gasteiger partial charge in [0.25, 0.3) is 5.91 Å². The minimum absolute atomic E-state index is 0.0981. The number of para-hydroxylation sites is 1. The molecule has 0 aliphatic carbocycles. The SMILES string of the molecule is Cc1onc(-c2ccccc2Cl)c1C(=O)Nc1ccccc1C(C)(C)C. The van der Waals surface area contributed by atoms with Gasteiger partial charge in [-0.2, -0.15) is 0 Å². The van der Waals surface area contributed by atoms with Crippen molar-refractivity contribution in [1.29, 1.82) is 0 Å². The van der Waals surface area contributed by atoms with Crippen LogP contribution in [0.25, 0.3) is 11.3 Å². The van der Waals surface area contributed by atoms with Gasteiger partial charge in [-0.3, -0.25) is 4.79 Å². The van der Waals surface area contributed by atoms with E-state index in [1.54, 1.807) is 13.0 Å². The van der Waals surface area contributed by atoms with Gasteiger partial charge in [0.15, 0.2) is 0 Å². The lowest BCUT2D eigenvalue weighted by molar-refractivity contribution is 0.102. The number of rotatable bonds is 3. The minimum atomic E-state index is -0.268. The molecule has 1 amide bonds. The van der Waals surface area contributed by atoms with Crippen LogP contribution >= 0.6 is 11.6 Å². The lowest BCUT2D eigenvalue weighted by Crippen LogP contribution is -2.19. The minimum Gasteiger partial charge on any atom is -0.360 e. The van der Waals surface area contributed by atoms with E-state index in [-0.39, 0.29) is 11.3 Å². The number of nitrogens with zero attached hydrogens (tertiary/aromatic N) is 1. The van der Waals surface area contributed by atoms with Crippen molar-refractivity contribution in [3.63, 3.8) is 0 Å². The van der Waals surface area contributed by atoms with Gasteiger partial charge in [0.2, 0.25) is 0 Å². The average molecular weight is 369 g/mol. The van der Waals surface area contributed by atoms with E-state index in [9.17, 15) is 4.79 Å². The normalized spacial score (nSPS) is 11.4. The standard InChI is InChI=1S/C21H21ClN2O2/c1-13-18(19(24-26-13)14-9-5-7-11-16(14)22)20(25)23-17-12-8-6-10-15(17)21(2,3)4/h5-12H,1-4H3,(H,23,25). The predicted octanol–water partition coefficient (Wildman–Crippen LogP) is 5.85. The Bertz CT molecular complexity index is 955. The highest BCUT2D eigenvalue weighted by atomic mass is 35.5. The molecule has 1 aromatic heterocycles. The molecular formula is C21H21ClN2O2. The van der Waals surface area contributed by atoms with Crippen molar-refractivity contribution in [3.8, 4) is 11.3 Å². The first kappa shape index (κ1) is 18.2. The van der Waals surface area contributed by atoms with E-state index in [4.69, 9.17) is 16.1 Å². The van der Waals surface area contributed by atoms with Gasteiger partial charge >= 0.3 is 0 Å². The maximum atomic E-state index is 13.0. The molecule has 0 aliphatic rings. The molecule has 1 N–H and O–H groups in total. The number of hydrogen-bond acceptors (Lipinski definition) is 3. The largest absolute Gasteiger partial charge is 0.360 e. The number of amides is 1. The van der Waals surface area contributed by atoms with Gasteiger partial charge in [-0.1, -0.05) is 73.9 Å². The third-order valence-electron chi connectivity index (χ3n) is 4.20. The highest BCUT2D eigenvalue weighted by Crippen LogP contribution is 2.33. The van der Waals surface area contributed by atoms with Gasteiger partial charge in [0, 0.05) is 11.3 Å².